The maximum atomic E-state index is 5.66. The molecule has 18 heavy (non-hydrogen) atoms. The molecular formula is C15H23NO2. The number of methoxy groups -OCH3 is 2. The van der Waals surface area contributed by atoms with Crippen LogP contribution in [0.15, 0.2) is 12.1 Å². The third-order valence-corrected chi connectivity index (χ3v) is 3.76. The van der Waals surface area contributed by atoms with Crippen LogP contribution in [0.2, 0.25) is 0 Å². The van der Waals surface area contributed by atoms with E-state index in [1.54, 1.807) is 14.2 Å². The van der Waals surface area contributed by atoms with Gasteiger partial charge in [-0.05, 0) is 37.4 Å². The fourth-order valence-electron chi connectivity index (χ4n) is 2.83. The van der Waals surface area contributed by atoms with Crippen molar-refractivity contribution in [3.8, 4) is 11.5 Å². The largest absolute Gasteiger partial charge is 0.496 e. The third kappa shape index (κ3) is 2.46. The Hall–Kier alpha value is -1.22. The van der Waals surface area contributed by atoms with E-state index < -0.39 is 0 Å². The summed E-state index contributed by atoms with van der Waals surface area (Å²) < 4.78 is 11.1. The first-order chi connectivity index (χ1) is 8.81. The minimum Gasteiger partial charge on any atom is -0.496 e. The normalized spacial score (nSPS) is 19.6. The monoisotopic (exact) mass is 249 g/mol. The molecule has 1 atom stereocenters. The van der Waals surface area contributed by atoms with Crippen molar-refractivity contribution in [1.82, 2.24) is 5.32 Å². The molecule has 2 rings (SSSR count). The van der Waals surface area contributed by atoms with Gasteiger partial charge in [0.05, 0.1) is 14.2 Å². The average Bonchev–Trinajstić information content (AvgIpc) is 2.46. The van der Waals surface area contributed by atoms with Crippen molar-refractivity contribution in [1.29, 1.82) is 0 Å². The lowest BCUT2D eigenvalue weighted by Gasteiger charge is -2.26. The highest BCUT2D eigenvalue weighted by molar-refractivity contribution is 5.51. The smallest absolute Gasteiger partial charge is 0.129 e. The van der Waals surface area contributed by atoms with Crippen LogP contribution in [-0.4, -0.2) is 27.3 Å². The van der Waals surface area contributed by atoms with Gasteiger partial charge in [0.1, 0.15) is 11.5 Å². The van der Waals surface area contributed by atoms with Crippen molar-refractivity contribution >= 4 is 0 Å². The van der Waals surface area contributed by atoms with Crippen LogP contribution in [0.4, 0.5) is 0 Å². The number of hydrogen-bond donors (Lipinski definition) is 1. The van der Waals surface area contributed by atoms with Crippen molar-refractivity contribution < 1.29 is 9.47 Å². The summed E-state index contributed by atoms with van der Waals surface area (Å²) in [6.07, 6.45) is 3.40. The standard InChI is InChI=1S/C15H23NO2/c1-4-12-14(17-2)8-7-13(15(12)18-3)11-6-5-9-16-10-11/h7-8,11,16H,4-6,9-10H2,1-3H3. The molecule has 0 aliphatic carbocycles. The van der Waals surface area contributed by atoms with E-state index in [9.17, 15) is 0 Å². The Kier molecular flexibility index (Phi) is 4.48. The number of benzene rings is 1. The molecule has 0 bridgehead atoms. The van der Waals surface area contributed by atoms with Crippen molar-refractivity contribution in [3.05, 3.63) is 23.3 Å². The molecule has 1 unspecified atom stereocenters. The summed E-state index contributed by atoms with van der Waals surface area (Å²) in [6, 6.07) is 4.24. The van der Waals surface area contributed by atoms with Gasteiger partial charge in [-0.1, -0.05) is 13.0 Å². The van der Waals surface area contributed by atoms with Crippen molar-refractivity contribution in [2.75, 3.05) is 27.3 Å². The van der Waals surface area contributed by atoms with Gasteiger partial charge in [-0.3, -0.25) is 0 Å². The van der Waals surface area contributed by atoms with Gasteiger partial charge >= 0.3 is 0 Å². The van der Waals surface area contributed by atoms with Crippen LogP contribution in [0.1, 0.15) is 36.8 Å². The molecule has 3 heteroatoms. The summed E-state index contributed by atoms with van der Waals surface area (Å²) in [7, 11) is 3.48. The summed E-state index contributed by atoms with van der Waals surface area (Å²) in [6.45, 7) is 4.32. The number of ether oxygens (including phenoxy) is 2. The van der Waals surface area contributed by atoms with Crippen molar-refractivity contribution in [2.24, 2.45) is 0 Å². The van der Waals surface area contributed by atoms with Crippen LogP contribution >= 0.6 is 0 Å². The quantitative estimate of drug-likeness (QED) is 0.890. The molecule has 1 N–H and O–H groups in total. The lowest BCUT2D eigenvalue weighted by Crippen LogP contribution is -2.28. The predicted molar refractivity (Wildman–Crippen MR) is 73.8 cm³/mol. The van der Waals surface area contributed by atoms with Gasteiger partial charge in [-0.25, -0.2) is 0 Å². The Balaban J connectivity index is 2.40. The average molecular weight is 249 g/mol. The number of piperidine rings is 1. The highest BCUT2D eigenvalue weighted by Gasteiger charge is 2.22. The highest BCUT2D eigenvalue weighted by atomic mass is 16.5. The van der Waals surface area contributed by atoms with E-state index in [2.05, 4.69) is 24.4 Å². The Labute approximate surface area is 109 Å². The molecule has 100 valence electrons. The van der Waals surface area contributed by atoms with Gasteiger partial charge in [0, 0.05) is 18.0 Å². The molecule has 0 aromatic heterocycles. The molecule has 1 aromatic rings. The van der Waals surface area contributed by atoms with E-state index in [-0.39, 0.29) is 0 Å². The Bertz CT molecular complexity index is 398. The fraction of sp³-hybridized carbons (Fsp3) is 0.600. The van der Waals surface area contributed by atoms with Crippen LogP contribution in [0.3, 0.4) is 0 Å². The van der Waals surface area contributed by atoms with Gasteiger partial charge in [-0.15, -0.1) is 0 Å². The zero-order chi connectivity index (χ0) is 13.0. The molecule has 0 saturated carbocycles. The molecule has 0 amide bonds. The third-order valence-electron chi connectivity index (χ3n) is 3.76. The predicted octanol–water partition coefficient (Wildman–Crippen LogP) is 2.73. The first-order valence-electron chi connectivity index (χ1n) is 6.76. The van der Waals surface area contributed by atoms with Crippen LogP contribution in [0.5, 0.6) is 11.5 Å². The van der Waals surface area contributed by atoms with E-state index >= 15 is 0 Å². The van der Waals surface area contributed by atoms with E-state index in [1.165, 1.54) is 24.0 Å². The molecular weight excluding hydrogens is 226 g/mol. The van der Waals surface area contributed by atoms with Gasteiger partial charge < -0.3 is 14.8 Å². The zero-order valence-corrected chi connectivity index (χ0v) is 11.6. The lowest BCUT2D eigenvalue weighted by atomic mass is 9.89. The minimum atomic E-state index is 0.560. The van der Waals surface area contributed by atoms with Gasteiger partial charge in [0.2, 0.25) is 0 Å². The molecule has 1 heterocycles. The molecule has 0 spiro atoms. The summed E-state index contributed by atoms with van der Waals surface area (Å²) in [5, 5.41) is 3.46. The topological polar surface area (TPSA) is 30.5 Å². The first-order valence-corrected chi connectivity index (χ1v) is 6.76. The van der Waals surface area contributed by atoms with E-state index in [0.717, 1.165) is 31.0 Å². The second-order valence-electron chi connectivity index (χ2n) is 4.77. The van der Waals surface area contributed by atoms with E-state index in [1.807, 2.05) is 0 Å². The number of hydrogen-bond acceptors (Lipinski definition) is 3. The molecule has 1 aliphatic rings. The number of rotatable bonds is 4. The number of nitrogens with one attached hydrogen (secondary N) is 1. The van der Waals surface area contributed by atoms with Crippen molar-refractivity contribution in [3.63, 3.8) is 0 Å². The SMILES string of the molecule is CCc1c(OC)ccc(C2CCCNC2)c1OC. The summed E-state index contributed by atoms with van der Waals surface area (Å²) >= 11 is 0. The second-order valence-corrected chi connectivity index (χ2v) is 4.77. The highest BCUT2D eigenvalue weighted by Crippen LogP contribution is 2.38. The molecule has 0 radical (unpaired) electrons. The first kappa shape index (κ1) is 13.2. The Morgan fingerprint density at radius 3 is 2.67 bits per heavy atom. The van der Waals surface area contributed by atoms with Gasteiger partial charge in [0.25, 0.3) is 0 Å². The van der Waals surface area contributed by atoms with E-state index in [4.69, 9.17) is 9.47 Å². The zero-order valence-electron chi connectivity index (χ0n) is 11.6. The summed E-state index contributed by atoms with van der Waals surface area (Å²) in [5.41, 5.74) is 2.51. The summed E-state index contributed by atoms with van der Waals surface area (Å²) in [4.78, 5) is 0. The van der Waals surface area contributed by atoms with Gasteiger partial charge in [0.15, 0.2) is 0 Å². The fourth-order valence-corrected chi connectivity index (χ4v) is 2.83. The summed E-state index contributed by atoms with van der Waals surface area (Å²) in [5.74, 6) is 2.51. The molecule has 3 nitrogen and oxygen atoms in total. The van der Waals surface area contributed by atoms with Crippen LogP contribution < -0.4 is 14.8 Å². The Morgan fingerprint density at radius 1 is 1.28 bits per heavy atom. The molecule has 1 aliphatic heterocycles. The van der Waals surface area contributed by atoms with Crippen molar-refractivity contribution in [2.45, 2.75) is 32.1 Å². The Morgan fingerprint density at radius 2 is 2.11 bits per heavy atom. The molecule has 1 fully saturated rings. The maximum absolute atomic E-state index is 5.66. The van der Waals surface area contributed by atoms with E-state index in [0.29, 0.717) is 5.92 Å². The second kappa shape index (κ2) is 6.10. The minimum absolute atomic E-state index is 0.560. The maximum Gasteiger partial charge on any atom is 0.129 e. The van der Waals surface area contributed by atoms with Crippen LogP contribution in [0, 0.1) is 0 Å². The molecule has 1 aromatic carbocycles. The lowest BCUT2D eigenvalue weighted by molar-refractivity contribution is 0.373. The van der Waals surface area contributed by atoms with Crippen LogP contribution in [-0.2, 0) is 6.42 Å². The van der Waals surface area contributed by atoms with Gasteiger partial charge in [-0.2, -0.15) is 0 Å². The van der Waals surface area contributed by atoms with Crippen LogP contribution in [0.25, 0.3) is 0 Å². The molecule has 1 saturated heterocycles.